The SMILES string of the molecule is C/C=C/[C@H]1O[C@@H]2CC3C4CCC5=CC(=O)CC[C@]5(C)[C@@]4(F)[C@@H](O)C[C@]3(C)[C@]2(C(=O)S)O1. The van der Waals surface area contributed by atoms with Crippen LogP contribution in [0.25, 0.3) is 0 Å². The van der Waals surface area contributed by atoms with E-state index in [-0.39, 0.29) is 18.1 Å². The Morgan fingerprint density at radius 3 is 2.74 bits per heavy atom. The monoisotopic (exact) mass is 450 g/mol. The molecule has 7 heteroatoms. The third-order valence-corrected chi connectivity index (χ3v) is 9.80. The van der Waals surface area contributed by atoms with E-state index in [0.717, 1.165) is 5.57 Å². The third-order valence-electron chi connectivity index (χ3n) is 9.47. The van der Waals surface area contributed by atoms with Gasteiger partial charge in [-0.2, -0.15) is 0 Å². The number of ketones is 1. The van der Waals surface area contributed by atoms with Gasteiger partial charge >= 0.3 is 0 Å². The Morgan fingerprint density at radius 2 is 2.06 bits per heavy atom. The van der Waals surface area contributed by atoms with E-state index in [9.17, 15) is 14.7 Å². The highest BCUT2D eigenvalue weighted by Gasteiger charge is 2.79. The van der Waals surface area contributed by atoms with E-state index in [0.29, 0.717) is 32.1 Å². The minimum Gasteiger partial charge on any atom is -0.390 e. The van der Waals surface area contributed by atoms with Crippen LogP contribution in [0.2, 0.25) is 0 Å². The van der Waals surface area contributed by atoms with E-state index in [2.05, 4.69) is 12.6 Å². The maximum Gasteiger partial charge on any atom is 0.221 e. The Kier molecular flexibility index (Phi) is 4.75. The van der Waals surface area contributed by atoms with Gasteiger partial charge in [0.25, 0.3) is 0 Å². The van der Waals surface area contributed by atoms with E-state index in [1.165, 1.54) is 0 Å². The van der Waals surface area contributed by atoms with Crippen LogP contribution in [-0.4, -0.2) is 45.8 Å². The summed E-state index contributed by atoms with van der Waals surface area (Å²) in [5.41, 5.74) is -4.02. The van der Waals surface area contributed by atoms with Crippen LogP contribution < -0.4 is 0 Å². The van der Waals surface area contributed by atoms with Crippen LogP contribution in [0.5, 0.6) is 0 Å². The molecule has 1 N–H and O–H groups in total. The zero-order valence-electron chi connectivity index (χ0n) is 18.3. The number of aliphatic hydroxyl groups is 1. The van der Waals surface area contributed by atoms with Gasteiger partial charge in [0.15, 0.2) is 17.7 Å². The molecule has 1 aliphatic heterocycles. The van der Waals surface area contributed by atoms with Crippen LogP contribution in [0, 0.1) is 22.7 Å². The number of carbonyl (C=O) groups is 2. The molecule has 31 heavy (non-hydrogen) atoms. The zero-order valence-corrected chi connectivity index (χ0v) is 19.2. The predicted octanol–water partition coefficient (Wildman–Crippen LogP) is 3.70. The van der Waals surface area contributed by atoms with Crippen molar-refractivity contribution in [3.05, 3.63) is 23.8 Å². The predicted molar refractivity (Wildman–Crippen MR) is 115 cm³/mol. The smallest absolute Gasteiger partial charge is 0.221 e. The topological polar surface area (TPSA) is 72.8 Å². The van der Waals surface area contributed by atoms with Crippen molar-refractivity contribution in [2.24, 2.45) is 22.7 Å². The van der Waals surface area contributed by atoms with Crippen molar-refractivity contribution >= 4 is 23.5 Å². The van der Waals surface area contributed by atoms with E-state index >= 15 is 4.39 Å². The molecule has 2 unspecified atom stereocenters. The Hall–Kier alpha value is -1.02. The molecule has 0 aromatic carbocycles. The molecule has 1 heterocycles. The van der Waals surface area contributed by atoms with E-state index in [1.807, 2.05) is 26.8 Å². The van der Waals surface area contributed by atoms with Gasteiger partial charge in [0, 0.05) is 23.2 Å². The lowest BCUT2D eigenvalue weighted by Gasteiger charge is -2.63. The Bertz CT molecular complexity index is 902. The summed E-state index contributed by atoms with van der Waals surface area (Å²) in [4.78, 5) is 25.0. The molecule has 3 saturated carbocycles. The van der Waals surface area contributed by atoms with Gasteiger partial charge in [-0.1, -0.05) is 25.5 Å². The molecule has 170 valence electrons. The number of thiol groups is 1. The van der Waals surface area contributed by atoms with Crippen LogP contribution in [0.4, 0.5) is 4.39 Å². The molecule has 0 spiro atoms. The number of carbonyl (C=O) groups excluding carboxylic acids is 2. The Labute approximate surface area is 187 Å². The third kappa shape index (κ3) is 2.44. The Morgan fingerprint density at radius 1 is 1.32 bits per heavy atom. The number of hydrogen-bond acceptors (Lipinski definition) is 5. The average Bonchev–Trinajstić information content (AvgIpc) is 3.17. The highest BCUT2D eigenvalue weighted by Crippen LogP contribution is 2.72. The zero-order chi connectivity index (χ0) is 22.4. The van der Waals surface area contributed by atoms with Crippen molar-refractivity contribution in [2.75, 3.05) is 0 Å². The van der Waals surface area contributed by atoms with Crippen LogP contribution in [0.15, 0.2) is 23.8 Å². The molecule has 5 nitrogen and oxygen atoms in total. The number of allylic oxidation sites excluding steroid dienone is 2. The van der Waals surface area contributed by atoms with Crippen molar-refractivity contribution in [3.8, 4) is 0 Å². The second kappa shape index (κ2) is 6.75. The number of aliphatic hydroxyl groups excluding tert-OH is 1. The molecule has 0 aromatic rings. The van der Waals surface area contributed by atoms with Gasteiger partial charge < -0.3 is 14.6 Å². The van der Waals surface area contributed by atoms with Crippen LogP contribution in [-0.2, 0) is 19.1 Å². The first-order valence-corrected chi connectivity index (χ1v) is 11.8. The molecule has 0 radical (unpaired) electrons. The Balaban J connectivity index is 1.60. The van der Waals surface area contributed by atoms with Crippen molar-refractivity contribution in [1.29, 1.82) is 0 Å². The molecule has 4 fully saturated rings. The van der Waals surface area contributed by atoms with Crippen molar-refractivity contribution in [2.45, 2.75) is 89.1 Å². The number of rotatable bonds is 2. The van der Waals surface area contributed by atoms with Crippen molar-refractivity contribution in [1.82, 2.24) is 0 Å². The molecule has 0 amide bonds. The second-order valence-electron chi connectivity index (χ2n) is 10.5. The summed E-state index contributed by atoms with van der Waals surface area (Å²) in [5, 5.41) is 11.0. The molecule has 5 aliphatic rings. The first-order chi connectivity index (χ1) is 14.5. The fourth-order valence-corrected chi connectivity index (χ4v) is 8.41. The number of ether oxygens (including phenoxy) is 2. The van der Waals surface area contributed by atoms with Crippen molar-refractivity contribution in [3.63, 3.8) is 0 Å². The van der Waals surface area contributed by atoms with Crippen molar-refractivity contribution < 1.29 is 28.6 Å². The average molecular weight is 451 g/mol. The minimum atomic E-state index is -1.86. The van der Waals surface area contributed by atoms with Gasteiger partial charge in [0.1, 0.15) is 5.67 Å². The highest BCUT2D eigenvalue weighted by atomic mass is 32.1. The summed E-state index contributed by atoms with van der Waals surface area (Å²) in [6.07, 6.45) is 5.18. The van der Waals surface area contributed by atoms with Crippen LogP contribution in [0.1, 0.15) is 59.3 Å². The molecule has 5 rings (SSSR count). The molecule has 4 aliphatic carbocycles. The summed E-state index contributed by atoms with van der Waals surface area (Å²) in [6.45, 7) is 5.66. The fraction of sp³-hybridized carbons (Fsp3) is 0.750. The lowest BCUT2D eigenvalue weighted by molar-refractivity contribution is -0.232. The van der Waals surface area contributed by atoms with Gasteiger partial charge in [-0.15, -0.1) is 12.6 Å². The lowest BCUT2D eigenvalue weighted by atomic mass is 9.44. The lowest BCUT2D eigenvalue weighted by Crippen LogP contribution is -2.69. The summed E-state index contributed by atoms with van der Waals surface area (Å²) in [7, 11) is 0. The first kappa shape index (κ1) is 21.8. The largest absolute Gasteiger partial charge is 0.390 e. The van der Waals surface area contributed by atoms with Gasteiger partial charge in [0.05, 0.1) is 12.2 Å². The minimum absolute atomic E-state index is 0.0384. The second-order valence-corrected chi connectivity index (χ2v) is 10.9. The first-order valence-electron chi connectivity index (χ1n) is 11.3. The van der Waals surface area contributed by atoms with Crippen LogP contribution in [0.3, 0.4) is 0 Å². The molecule has 0 aromatic heterocycles. The van der Waals surface area contributed by atoms with E-state index in [4.69, 9.17) is 9.47 Å². The summed E-state index contributed by atoms with van der Waals surface area (Å²) < 4.78 is 29.5. The van der Waals surface area contributed by atoms with Gasteiger partial charge in [0.2, 0.25) is 5.12 Å². The fourth-order valence-electron chi connectivity index (χ4n) is 7.95. The maximum atomic E-state index is 17.2. The molecule has 1 saturated heterocycles. The molecular formula is C24H31FO5S. The maximum absolute atomic E-state index is 17.2. The summed E-state index contributed by atoms with van der Waals surface area (Å²) in [6, 6.07) is 0. The summed E-state index contributed by atoms with van der Waals surface area (Å²) >= 11 is 4.22. The van der Waals surface area contributed by atoms with Crippen LogP contribution >= 0.6 is 12.6 Å². The number of fused-ring (bicyclic) bond motifs is 7. The normalized spacial score (nSPS) is 53.5. The summed E-state index contributed by atoms with van der Waals surface area (Å²) in [5.74, 6) is -0.597. The molecular weight excluding hydrogens is 419 g/mol. The number of alkyl halides is 1. The van der Waals surface area contributed by atoms with Gasteiger partial charge in [-0.05, 0) is 57.1 Å². The quantitative estimate of drug-likeness (QED) is 0.496. The van der Waals surface area contributed by atoms with Gasteiger partial charge in [-0.3, -0.25) is 9.59 Å². The van der Waals surface area contributed by atoms with E-state index in [1.54, 1.807) is 12.2 Å². The van der Waals surface area contributed by atoms with E-state index < -0.39 is 51.6 Å². The number of hydrogen-bond donors (Lipinski definition) is 2. The van der Waals surface area contributed by atoms with Gasteiger partial charge in [-0.25, -0.2) is 4.39 Å². The standard InChI is InChI=1S/C24H31FO5S/c1-4-5-19-29-18-11-16-15-7-6-13-10-14(26)8-9-21(13,2)23(15,25)17(27)12-22(16,3)24(18,30-19)20(28)31/h4-5,10,15-19,27H,6-9,11-12H2,1-3H3,(H,28,31)/b5-4+/t15?,16?,17-,18+,19-,21-,22-,23-,24-/m0/s1. The highest BCUT2D eigenvalue weighted by molar-refractivity contribution is 7.96. The molecule has 9 atom stereocenters. The number of halogens is 1. The molecule has 0 bridgehead atoms.